The Bertz CT molecular complexity index is 811. The summed E-state index contributed by atoms with van der Waals surface area (Å²) in [4.78, 5) is 24.4. The molecule has 0 bridgehead atoms. The normalized spacial score (nSPS) is 20.4. The van der Waals surface area contributed by atoms with E-state index in [1.165, 1.54) is 5.69 Å². The van der Waals surface area contributed by atoms with Crippen molar-refractivity contribution in [3.8, 4) is 0 Å². The summed E-state index contributed by atoms with van der Waals surface area (Å²) in [6.45, 7) is 7.68. The minimum atomic E-state index is -0.299. The van der Waals surface area contributed by atoms with Crippen LogP contribution >= 0.6 is 0 Å². The van der Waals surface area contributed by atoms with Crippen molar-refractivity contribution < 1.29 is 4.79 Å². The van der Waals surface area contributed by atoms with Crippen LogP contribution in [0, 0.1) is 5.92 Å². The lowest BCUT2D eigenvalue weighted by Crippen LogP contribution is -2.53. The maximum atomic E-state index is 13.1. The zero-order valence-corrected chi connectivity index (χ0v) is 16.0. The van der Waals surface area contributed by atoms with Gasteiger partial charge in [0.25, 0.3) is 5.91 Å². The van der Waals surface area contributed by atoms with Gasteiger partial charge in [0.05, 0.1) is 5.69 Å². The lowest BCUT2D eigenvalue weighted by Gasteiger charge is -2.38. The van der Waals surface area contributed by atoms with Gasteiger partial charge >= 0.3 is 0 Å². The molecule has 4 rings (SSSR count). The topological polar surface area (TPSA) is 39.1 Å². The third-order valence-corrected chi connectivity index (χ3v) is 5.26. The highest BCUT2D eigenvalue weighted by atomic mass is 16.2. The van der Waals surface area contributed by atoms with Gasteiger partial charge in [0.1, 0.15) is 6.04 Å². The first-order chi connectivity index (χ1) is 13.1. The first-order valence-electron chi connectivity index (χ1n) is 9.67. The standard InChI is InChI=1S/C22H26N4O/c1-17(2)20-21(27)26(19-11-7-4-8-12-19)22(23-20)25-15-13-24(14-16-25)18-9-5-3-6-10-18/h3-12,17,20H,13-16H2,1-2H3/t20-/m0/s1. The molecular formula is C22H26N4O. The second-order valence-electron chi connectivity index (χ2n) is 7.44. The van der Waals surface area contributed by atoms with Crippen molar-refractivity contribution >= 4 is 23.2 Å². The van der Waals surface area contributed by atoms with Gasteiger partial charge in [-0.05, 0) is 30.2 Å². The van der Waals surface area contributed by atoms with Crippen LogP contribution < -0.4 is 9.80 Å². The summed E-state index contributed by atoms with van der Waals surface area (Å²) in [7, 11) is 0. The van der Waals surface area contributed by atoms with Gasteiger partial charge in [0.2, 0.25) is 5.96 Å². The molecule has 2 heterocycles. The van der Waals surface area contributed by atoms with E-state index in [2.05, 4.69) is 47.9 Å². The number of para-hydroxylation sites is 2. The van der Waals surface area contributed by atoms with Gasteiger partial charge in [-0.2, -0.15) is 0 Å². The van der Waals surface area contributed by atoms with Crippen LogP contribution in [0.5, 0.6) is 0 Å². The number of benzene rings is 2. The number of nitrogens with zero attached hydrogens (tertiary/aromatic N) is 4. The predicted octanol–water partition coefficient (Wildman–Crippen LogP) is 3.24. The number of hydrogen-bond acceptors (Lipinski definition) is 4. The number of piperazine rings is 1. The van der Waals surface area contributed by atoms with Gasteiger partial charge < -0.3 is 9.80 Å². The van der Waals surface area contributed by atoms with Crippen LogP contribution in [0.4, 0.5) is 11.4 Å². The maximum absolute atomic E-state index is 13.1. The van der Waals surface area contributed by atoms with E-state index in [0.717, 1.165) is 37.8 Å². The molecule has 2 aromatic carbocycles. The minimum absolute atomic E-state index is 0.0803. The van der Waals surface area contributed by atoms with E-state index in [1.807, 2.05) is 41.3 Å². The molecule has 5 heteroatoms. The van der Waals surface area contributed by atoms with Gasteiger partial charge in [-0.25, -0.2) is 9.89 Å². The highest BCUT2D eigenvalue weighted by Crippen LogP contribution is 2.27. The van der Waals surface area contributed by atoms with E-state index in [4.69, 9.17) is 4.99 Å². The molecule has 0 N–H and O–H groups in total. The fourth-order valence-corrected chi connectivity index (χ4v) is 3.75. The van der Waals surface area contributed by atoms with Crippen LogP contribution in [-0.2, 0) is 4.79 Å². The van der Waals surface area contributed by atoms with Crippen LogP contribution in [0.25, 0.3) is 0 Å². The zero-order chi connectivity index (χ0) is 18.8. The molecule has 0 saturated carbocycles. The molecule has 0 radical (unpaired) electrons. The van der Waals surface area contributed by atoms with Gasteiger partial charge in [0.15, 0.2) is 0 Å². The summed E-state index contributed by atoms with van der Waals surface area (Å²) in [6, 6.07) is 20.1. The SMILES string of the molecule is CC(C)[C@@H]1N=C(N2CCN(c3ccccc3)CC2)N(c2ccccc2)C1=O. The molecule has 0 spiro atoms. The second kappa shape index (κ2) is 7.43. The Balaban J connectivity index is 1.55. The molecule has 1 atom stereocenters. The molecule has 0 unspecified atom stereocenters. The van der Waals surface area contributed by atoms with Gasteiger partial charge in [0, 0.05) is 31.9 Å². The fraction of sp³-hybridized carbons (Fsp3) is 0.364. The zero-order valence-electron chi connectivity index (χ0n) is 16.0. The van der Waals surface area contributed by atoms with Crippen molar-refractivity contribution in [3.63, 3.8) is 0 Å². The highest BCUT2D eigenvalue weighted by Gasteiger charge is 2.40. The molecule has 0 aromatic heterocycles. The number of amides is 1. The Hall–Kier alpha value is -2.82. The van der Waals surface area contributed by atoms with Crippen LogP contribution in [-0.4, -0.2) is 49.0 Å². The quantitative estimate of drug-likeness (QED) is 0.841. The van der Waals surface area contributed by atoms with Crippen molar-refractivity contribution in [1.82, 2.24) is 4.90 Å². The third kappa shape index (κ3) is 3.42. The Kier molecular flexibility index (Phi) is 4.84. The van der Waals surface area contributed by atoms with Crippen LogP contribution in [0.3, 0.4) is 0 Å². The Morgan fingerprint density at radius 1 is 0.815 bits per heavy atom. The first kappa shape index (κ1) is 17.6. The Morgan fingerprint density at radius 3 is 1.89 bits per heavy atom. The van der Waals surface area contributed by atoms with Crippen molar-refractivity contribution in [2.45, 2.75) is 19.9 Å². The lowest BCUT2D eigenvalue weighted by molar-refractivity contribution is -0.119. The summed E-state index contributed by atoms with van der Waals surface area (Å²) in [5, 5.41) is 0. The van der Waals surface area contributed by atoms with Crippen LogP contribution in [0.15, 0.2) is 65.7 Å². The summed E-state index contributed by atoms with van der Waals surface area (Å²) >= 11 is 0. The van der Waals surface area contributed by atoms with E-state index in [0.29, 0.717) is 0 Å². The average molecular weight is 362 g/mol. The molecule has 27 heavy (non-hydrogen) atoms. The molecule has 2 aliphatic rings. The van der Waals surface area contributed by atoms with Crippen molar-refractivity contribution in [2.24, 2.45) is 10.9 Å². The molecule has 0 aliphatic carbocycles. The number of aliphatic imine (C=N–C) groups is 1. The van der Waals surface area contributed by atoms with Crippen LogP contribution in [0.1, 0.15) is 13.8 Å². The monoisotopic (exact) mass is 362 g/mol. The maximum Gasteiger partial charge on any atom is 0.259 e. The largest absolute Gasteiger partial charge is 0.368 e. The van der Waals surface area contributed by atoms with E-state index >= 15 is 0 Å². The van der Waals surface area contributed by atoms with E-state index in [9.17, 15) is 4.79 Å². The number of rotatable bonds is 3. The molecule has 2 aliphatic heterocycles. The Labute approximate surface area is 160 Å². The number of carbonyl (C=O) groups is 1. The molecule has 1 amide bonds. The van der Waals surface area contributed by atoms with Crippen molar-refractivity contribution in [1.29, 1.82) is 0 Å². The number of hydrogen-bond donors (Lipinski definition) is 0. The number of guanidine groups is 1. The summed E-state index contributed by atoms with van der Waals surface area (Å²) in [5.41, 5.74) is 2.15. The average Bonchev–Trinajstić information content (AvgIpc) is 3.07. The molecule has 1 fully saturated rings. The summed E-state index contributed by atoms with van der Waals surface area (Å²) in [5.74, 6) is 1.07. The number of carbonyl (C=O) groups excluding carboxylic acids is 1. The minimum Gasteiger partial charge on any atom is -0.368 e. The van der Waals surface area contributed by atoms with Gasteiger partial charge in [-0.3, -0.25) is 4.79 Å². The molecule has 140 valence electrons. The summed E-state index contributed by atoms with van der Waals surface area (Å²) < 4.78 is 0. The highest BCUT2D eigenvalue weighted by molar-refractivity contribution is 6.22. The van der Waals surface area contributed by atoms with E-state index in [-0.39, 0.29) is 17.9 Å². The third-order valence-electron chi connectivity index (χ3n) is 5.26. The first-order valence-corrected chi connectivity index (χ1v) is 9.67. The van der Waals surface area contributed by atoms with E-state index in [1.54, 1.807) is 0 Å². The van der Waals surface area contributed by atoms with Crippen molar-refractivity contribution in [2.75, 3.05) is 36.0 Å². The smallest absolute Gasteiger partial charge is 0.259 e. The van der Waals surface area contributed by atoms with Gasteiger partial charge in [-0.1, -0.05) is 50.2 Å². The molecular weight excluding hydrogens is 336 g/mol. The fourth-order valence-electron chi connectivity index (χ4n) is 3.75. The second-order valence-corrected chi connectivity index (χ2v) is 7.44. The predicted molar refractivity (Wildman–Crippen MR) is 110 cm³/mol. The van der Waals surface area contributed by atoms with E-state index < -0.39 is 0 Å². The lowest BCUT2D eigenvalue weighted by atomic mass is 10.0. The van der Waals surface area contributed by atoms with Crippen LogP contribution in [0.2, 0.25) is 0 Å². The summed E-state index contributed by atoms with van der Waals surface area (Å²) in [6.07, 6.45) is 0. The Morgan fingerprint density at radius 2 is 1.33 bits per heavy atom. The number of anilines is 2. The molecule has 1 saturated heterocycles. The molecule has 2 aromatic rings. The van der Waals surface area contributed by atoms with Crippen molar-refractivity contribution in [3.05, 3.63) is 60.7 Å². The molecule has 5 nitrogen and oxygen atoms in total. The van der Waals surface area contributed by atoms with Gasteiger partial charge in [-0.15, -0.1) is 0 Å².